The number of nitrogens with one attached hydrogen (secondary N) is 1. The summed E-state index contributed by atoms with van der Waals surface area (Å²) in [5.41, 5.74) is 0. The van der Waals surface area contributed by atoms with Crippen LogP contribution in [0.15, 0.2) is 0 Å². The van der Waals surface area contributed by atoms with E-state index >= 15 is 0 Å². The van der Waals surface area contributed by atoms with Crippen molar-refractivity contribution in [2.24, 2.45) is 0 Å². The second-order valence-electron chi connectivity index (χ2n) is 3.64. The molecule has 1 aliphatic rings. The normalized spacial score (nSPS) is 24.8. The number of rotatable bonds is 4. The Morgan fingerprint density at radius 3 is 2.92 bits per heavy atom. The minimum Gasteiger partial charge on any atom is -0.376 e. The van der Waals surface area contributed by atoms with E-state index in [4.69, 9.17) is 4.74 Å². The molecule has 1 aliphatic heterocycles. The lowest BCUT2D eigenvalue weighted by Gasteiger charge is -2.23. The largest absolute Gasteiger partial charge is 0.376 e. The van der Waals surface area contributed by atoms with Gasteiger partial charge in [0.1, 0.15) is 0 Å². The molecule has 72 valence electrons. The summed E-state index contributed by atoms with van der Waals surface area (Å²) >= 11 is 0. The van der Waals surface area contributed by atoms with E-state index in [1.807, 2.05) is 0 Å². The van der Waals surface area contributed by atoms with Gasteiger partial charge in [-0.15, -0.1) is 0 Å². The molecule has 1 atom stereocenters. The summed E-state index contributed by atoms with van der Waals surface area (Å²) < 4.78 is 5.58. The number of hydrogen-bond donors (Lipinski definition) is 1. The number of ether oxygens (including phenoxy) is 1. The van der Waals surface area contributed by atoms with Gasteiger partial charge in [-0.1, -0.05) is 0 Å². The zero-order valence-electron chi connectivity index (χ0n) is 8.18. The average molecular weight is 172 g/mol. The van der Waals surface area contributed by atoms with Gasteiger partial charge in [-0.25, -0.2) is 0 Å². The molecule has 0 aliphatic carbocycles. The van der Waals surface area contributed by atoms with Gasteiger partial charge in [0.25, 0.3) is 0 Å². The lowest BCUT2D eigenvalue weighted by Crippen LogP contribution is -2.38. The van der Waals surface area contributed by atoms with Crippen molar-refractivity contribution < 1.29 is 4.74 Å². The van der Waals surface area contributed by atoms with Crippen molar-refractivity contribution in [3.05, 3.63) is 0 Å². The fourth-order valence-corrected chi connectivity index (χ4v) is 1.44. The molecule has 1 saturated heterocycles. The second-order valence-corrected chi connectivity index (χ2v) is 3.64. The molecule has 0 amide bonds. The molecule has 0 aromatic heterocycles. The van der Waals surface area contributed by atoms with E-state index in [1.54, 1.807) is 0 Å². The topological polar surface area (TPSA) is 24.5 Å². The van der Waals surface area contributed by atoms with E-state index in [2.05, 4.69) is 24.3 Å². The highest BCUT2D eigenvalue weighted by Crippen LogP contribution is 2.04. The Hall–Kier alpha value is -0.120. The maximum Gasteiger partial charge on any atom is 0.0700 e. The minimum atomic E-state index is 0.457. The maximum atomic E-state index is 5.58. The summed E-state index contributed by atoms with van der Waals surface area (Å²) in [6, 6.07) is 0. The lowest BCUT2D eigenvalue weighted by atomic mass is 10.2. The van der Waals surface area contributed by atoms with E-state index in [1.165, 1.54) is 19.4 Å². The first kappa shape index (κ1) is 9.96. The van der Waals surface area contributed by atoms with Crippen molar-refractivity contribution in [2.75, 3.05) is 40.3 Å². The van der Waals surface area contributed by atoms with Gasteiger partial charge in [-0.3, -0.25) is 0 Å². The van der Waals surface area contributed by atoms with Crippen molar-refractivity contribution in [3.63, 3.8) is 0 Å². The zero-order chi connectivity index (χ0) is 8.81. The third kappa shape index (κ3) is 4.04. The molecule has 3 nitrogen and oxygen atoms in total. The van der Waals surface area contributed by atoms with Crippen LogP contribution in [0.25, 0.3) is 0 Å². The molecular formula is C9H20N2O. The Bertz CT molecular complexity index is 111. The van der Waals surface area contributed by atoms with Gasteiger partial charge in [0.2, 0.25) is 0 Å². The van der Waals surface area contributed by atoms with Crippen LogP contribution in [0.3, 0.4) is 0 Å². The van der Waals surface area contributed by atoms with Gasteiger partial charge in [0, 0.05) is 13.1 Å². The monoisotopic (exact) mass is 172 g/mol. The van der Waals surface area contributed by atoms with Crippen molar-refractivity contribution >= 4 is 0 Å². The number of nitrogens with zero attached hydrogens (tertiary/aromatic N) is 1. The molecule has 0 bridgehead atoms. The summed E-state index contributed by atoms with van der Waals surface area (Å²) in [6.45, 7) is 4.10. The fourth-order valence-electron chi connectivity index (χ4n) is 1.44. The van der Waals surface area contributed by atoms with Gasteiger partial charge < -0.3 is 15.0 Å². The molecule has 1 fully saturated rings. The lowest BCUT2D eigenvalue weighted by molar-refractivity contribution is 0.0215. The van der Waals surface area contributed by atoms with Crippen LogP contribution in [0, 0.1) is 0 Å². The quantitative estimate of drug-likeness (QED) is 0.661. The molecular weight excluding hydrogens is 152 g/mol. The molecule has 1 heterocycles. The van der Waals surface area contributed by atoms with Crippen LogP contribution in [0.2, 0.25) is 0 Å². The molecule has 0 saturated carbocycles. The predicted molar refractivity (Wildman–Crippen MR) is 50.4 cm³/mol. The highest BCUT2D eigenvalue weighted by molar-refractivity contribution is 4.67. The van der Waals surface area contributed by atoms with Crippen LogP contribution in [-0.2, 0) is 4.74 Å². The van der Waals surface area contributed by atoms with Gasteiger partial charge in [0.05, 0.1) is 12.7 Å². The maximum absolute atomic E-state index is 5.58. The highest BCUT2D eigenvalue weighted by atomic mass is 16.5. The Morgan fingerprint density at radius 2 is 2.33 bits per heavy atom. The van der Waals surface area contributed by atoms with Crippen molar-refractivity contribution in [1.82, 2.24) is 10.2 Å². The Labute approximate surface area is 75.1 Å². The van der Waals surface area contributed by atoms with Gasteiger partial charge in [0.15, 0.2) is 0 Å². The first-order valence-corrected chi connectivity index (χ1v) is 4.76. The number of morpholine rings is 1. The molecule has 3 heteroatoms. The van der Waals surface area contributed by atoms with E-state index in [0.29, 0.717) is 6.10 Å². The highest BCUT2D eigenvalue weighted by Gasteiger charge is 2.12. The summed E-state index contributed by atoms with van der Waals surface area (Å²) in [5.74, 6) is 0. The fraction of sp³-hybridized carbons (Fsp3) is 1.00. The molecule has 1 N–H and O–H groups in total. The molecule has 1 rings (SSSR count). The molecule has 12 heavy (non-hydrogen) atoms. The summed E-state index contributed by atoms with van der Waals surface area (Å²) in [7, 11) is 4.22. The third-order valence-corrected chi connectivity index (χ3v) is 2.14. The second kappa shape index (κ2) is 5.51. The summed E-state index contributed by atoms with van der Waals surface area (Å²) in [5, 5.41) is 3.33. The first-order chi connectivity index (χ1) is 5.79. The summed E-state index contributed by atoms with van der Waals surface area (Å²) in [6.07, 6.45) is 2.88. The molecule has 0 radical (unpaired) electrons. The molecule has 1 unspecified atom stereocenters. The van der Waals surface area contributed by atoms with E-state index in [9.17, 15) is 0 Å². The SMILES string of the molecule is CN(C)CCCC1CNCCO1. The van der Waals surface area contributed by atoms with Crippen LogP contribution in [0.1, 0.15) is 12.8 Å². The molecule has 0 spiro atoms. The number of hydrogen-bond acceptors (Lipinski definition) is 3. The van der Waals surface area contributed by atoms with Crippen molar-refractivity contribution in [3.8, 4) is 0 Å². The van der Waals surface area contributed by atoms with E-state index in [-0.39, 0.29) is 0 Å². The first-order valence-electron chi connectivity index (χ1n) is 4.76. The smallest absolute Gasteiger partial charge is 0.0700 e. The van der Waals surface area contributed by atoms with E-state index in [0.717, 1.165) is 19.7 Å². The van der Waals surface area contributed by atoms with Gasteiger partial charge >= 0.3 is 0 Å². The van der Waals surface area contributed by atoms with Crippen molar-refractivity contribution in [2.45, 2.75) is 18.9 Å². The predicted octanol–water partition coefficient (Wildman–Crippen LogP) is 0.317. The van der Waals surface area contributed by atoms with E-state index < -0.39 is 0 Å². The average Bonchev–Trinajstić information content (AvgIpc) is 2.05. The van der Waals surface area contributed by atoms with Gasteiger partial charge in [-0.2, -0.15) is 0 Å². The Balaban J connectivity index is 1.98. The zero-order valence-corrected chi connectivity index (χ0v) is 8.18. The van der Waals surface area contributed by atoms with Crippen LogP contribution < -0.4 is 5.32 Å². The standard InChI is InChI=1S/C9H20N2O/c1-11(2)6-3-4-9-8-10-5-7-12-9/h9-10H,3-8H2,1-2H3. The van der Waals surface area contributed by atoms with Crippen LogP contribution in [0.4, 0.5) is 0 Å². The minimum absolute atomic E-state index is 0.457. The van der Waals surface area contributed by atoms with Crippen LogP contribution in [0.5, 0.6) is 0 Å². The Kier molecular flexibility index (Phi) is 4.58. The molecule has 0 aromatic rings. The summed E-state index contributed by atoms with van der Waals surface area (Å²) in [4.78, 5) is 2.22. The Morgan fingerprint density at radius 1 is 1.50 bits per heavy atom. The van der Waals surface area contributed by atoms with Crippen LogP contribution >= 0.6 is 0 Å². The molecule has 0 aromatic carbocycles. The van der Waals surface area contributed by atoms with Crippen molar-refractivity contribution in [1.29, 1.82) is 0 Å². The van der Waals surface area contributed by atoms with Crippen LogP contribution in [-0.4, -0.2) is 51.3 Å². The third-order valence-electron chi connectivity index (χ3n) is 2.14. The van der Waals surface area contributed by atoms with Gasteiger partial charge in [-0.05, 0) is 33.5 Å².